The van der Waals surface area contributed by atoms with Crippen molar-refractivity contribution in [1.29, 1.82) is 0 Å². The van der Waals surface area contributed by atoms with Crippen LogP contribution in [0, 0.1) is 0 Å². The lowest BCUT2D eigenvalue weighted by Crippen LogP contribution is -2.21. The second kappa shape index (κ2) is 8.53. The molecule has 0 radical (unpaired) electrons. The van der Waals surface area contributed by atoms with E-state index in [1.54, 1.807) is 12.1 Å². The van der Waals surface area contributed by atoms with E-state index in [4.69, 9.17) is 4.74 Å². The van der Waals surface area contributed by atoms with Gasteiger partial charge < -0.3 is 10.1 Å². The largest absolute Gasteiger partial charge is 0.497 e. The van der Waals surface area contributed by atoms with Gasteiger partial charge in [-0.05, 0) is 48.7 Å². The first kappa shape index (κ1) is 20.5. The Bertz CT molecular complexity index is 1010. The highest BCUT2D eigenvalue weighted by atomic mass is 19.4. The molecule has 0 saturated heterocycles. The highest BCUT2D eigenvalue weighted by Crippen LogP contribution is 2.34. The van der Waals surface area contributed by atoms with Crippen LogP contribution in [0.3, 0.4) is 0 Å². The van der Waals surface area contributed by atoms with Crippen LogP contribution in [0.15, 0.2) is 36.5 Å². The number of anilines is 1. The molecule has 1 N–H and O–H groups in total. The molecular formula is C22H25F3N4O. The molecule has 0 bridgehead atoms. The summed E-state index contributed by atoms with van der Waals surface area (Å²) in [6, 6.07) is 8.72. The third kappa shape index (κ3) is 4.52. The van der Waals surface area contributed by atoms with Crippen LogP contribution in [0.25, 0.3) is 16.8 Å². The quantitative estimate of drug-likeness (QED) is 0.545. The Kier molecular flexibility index (Phi) is 5.83. The van der Waals surface area contributed by atoms with Gasteiger partial charge in [0.05, 0.1) is 19.0 Å². The molecular weight excluding hydrogens is 393 g/mol. The van der Waals surface area contributed by atoms with Gasteiger partial charge in [-0.2, -0.15) is 13.2 Å². The molecule has 5 nitrogen and oxygen atoms in total. The van der Waals surface area contributed by atoms with Crippen molar-refractivity contribution in [3.05, 3.63) is 42.1 Å². The summed E-state index contributed by atoms with van der Waals surface area (Å²) in [5, 5.41) is 12.2. The molecule has 30 heavy (non-hydrogen) atoms. The Labute approximate surface area is 173 Å². The van der Waals surface area contributed by atoms with E-state index in [1.165, 1.54) is 38.9 Å². The van der Waals surface area contributed by atoms with Gasteiger partial charge in [-0.15, -0.1) is 10.2 Å². The number of fused-ring (bicyclic) bond motifs is 1. The number of hydrogen-bond acceptors (Lipinski definition) is 4. The molecule has 1 saturated carbocycles. The van der Waals surface area contributed by atoms with Crippen LogP contribution in [-0.4, -0.2) is 33.9 Å². The van der Waals surface area contributed by atoms with Crippen LogP contribution >= 0.6 is 0 Å². The average Bonchev–Trinajstić information content (AvgIpc) is 3.06. The lowest BCUT2D eigenvalue weighted by Gasteiger charge is -2.19. The molecule has 2 aromatic heterocycles. The van der Waals surface area contributed by atoms with Crippen molar-refractivity contribution >= 4 is 11.5 Å². The molecule has 3 aromatic rings. The van der Waals surface area contributed by atoms with E-state index in [1.807, 2.05) is 22.7 Å². The van der Waals surface area contributed by atoms with Crippen LogP contribution in [0.4, 0.5) is 19.1 Å². The number of nitrogens with one attached hydrogen (secondary N) is 1. The number of halogens is 3. The van der Waals surface area contributed by atoms with Crippen LogP contribution < -0.4 is 10.1 Å². The maximum atomic E-state index is 13.2. The second-order valence-electron chi connectivity index (χ2n) is 7.78. The summed E-state index contributed by atoms with van der Waals surface area (Å²) < 4.78 is 46.6. The minimum Gasteiger partial charge on any atom is -0.497 e. The maximum Gasteiger partial charge on any atom is 0.393 e. The molecule has 0 spiro atoms. The second-order valence-corrected chi connectivity index (χ2v) is 7.78. The summed E-state index contributed by atoms with van der Waals surface area (Å²) in [6.07, 6.45) is 3.50. The van der Waals surface area contributed by atoms with Crippen molar-refractivity contribution in [2.75, 3.05) is 12.4 Å². The number of nitrogens with zero attached hydrogens (tertiary/aromatic N) is 3. The third-order valence-corrected chi connectivity index (χ3v) is 5.61. The fourth-order valence-corrected chi connectivity index (χ4v) is 4.14. The number of rotatable bonds is 5. The van der Waals surface area contributed by atoms with Crippen molar-refractivity contribution in [3.63, 3.8) is 0 Å². The lowest BCUT2D eigenvalue weighted by molar-refractivity contribution is -0.127. The molecule has 1 fully saturated rings. The molecule has 1 aromatic carbocycles. The molecule has 0 unspecified atom stereocenters. The van der Waals surface area contributed by atoms with Crippen LogP contribution in [0.2, 0.25) is 0 Å². The van der Waals surface area contributed by atoms with Crippen molar-refractivity contribution in [3.8, 4) is 17.0 Å². The van der Waals surface area contributed by atoms with E-state index in [0.29, 0.717) is 29.0 Å². The van der Waals surface area contributed by atoms with Crippen molar-refractivity contribution < 1.29 is 17.9 Å². The van der Waals surface area contributed by atoms with Crippen LogP contribution in [-0.2, 0) is 6.42 Å². The Morgan fingerprint density at radius 2 is 1.87 bits per heavy atom. The Balaban J connectivity index is 1.73. The first-order valence-electron chi connectivity index (χ1n) is 10.3. The van der Waals surface area contributed by atoms with Crippen LogP contribution in [0.1, 0.15) is 44.1 Å². The Hall–Kier alpha value is -2.77. The van der Waals surface area contributed by atoms with Gasteiger partial charge in [0.25, 0.3) is 0 Å². The van der Waals surface area contributed by atoms with E-state index >= 15 is 0 Å². The highest BCUT2D eigenvalue weighted by Gasteiger charge is 2.30. The van der Waals surface area contributed by atoms with Crippen molar-refractivity contribution in [2.24, 2.45) is 0 Å². The summed E-state index contributed by atoms with van der Waals surface area (Å²) in [4.78, 5) is 0. The van der Waals surface area contributed by atoms with Crippen molar-refractivity contribution in [1.82, 2.24) is 14.6 Å². The summed E-state index contributed by atoms with van der Waals surface area (Å²) in [5.41, 5.74) is 1.66. The Morgan fingerprint density at radius 3 is 2.57 bits per heavy atom. The van der Waals surface area contributed by atoms with Gasteiger partial charge in [-0.25, -0.2) is 0 Å². The number of methoxy groups -OCH3 is 1. The predicted octanol–water partition coefficient (Wildman–Crippen LogP) is 5.64. The zero-order valence-electron chi connectivity index (χ0n) is 16.9. The number of aromatic nitrogens is 3. The molecule has 2 heterocycles. The molecule has 0 aliphatic heterocycles. The molecule has 0 amide bonds. The minimum absolute atomic E-state index is 0.115. The summed E-state index contributed by atoms with van der Waals surface area (Å²) in [5.74, 6) is 1.00. The van der Waals surface area contributed by atoms with Crippen LogP contribution in [0.5, 0.6) is 5.75 Å². The maximum absolute atomic E-state index is 13.2. The number of ether oxygens (including phenoxy) is 1. The van der Waals surface area contributed by atoms with E-state index in [9.17, 15) is 13.2 Å². The fraction of sp³-hybridized carbons (Fsp3) is 0.455. The zero-order valence-corrected chi connectivity index (χ0v) is 16.9. The molecule has 4 rings (SSSR count). The predicted molar refractivity (Wildman–Crippen MR) is 110 cm³/mol. The molecule has 8 heteroatoms. The van der Waals surface area contributed by atoms with E-state index < -0.39 is 12.6 Å². The number of hydrogen-bond donors (Lipinski definition) is 1. The smallest absolute Gasteiger partial charge is 0.393 e. The average molecular weight is 418 g/mol. The number of alkyl halides is 3. The number of benzene rings is 1. The van der Waals surface area contributed by atoms with Gasteiger partial charge in [0.15, 0.2) is 0 Å². The fourth-order valence-electron chi connectivity index (χ4n) is 4.14. The molecule has 160 valence electrons. The van der Waals surface area contributed by atoms with Gasteiger partial charge >= 0.3 is 6.18 Å². The van der Waals surface area contributed by atoms with Gasteiger partial charge in [-0.1, -0.05) is 25.7 Å². The van der Waals surface area contributed by atoms with Gasteiger partial charge in [0.1, 0.15) is 11.4 Å². The minimum atomic E-state index is -4.34. The van der Waals surface area contributed by atoms with E-state index in [0.717, 1.165) is 18.4 Å². The first-order chi connectivity index (χ1) is 14.4. The standard InChI is InChI=1S/C22H25F3N4O/c1-30-17-10-11-18(15(13-17)14-22(23,24)25)20-19-9-6-12-29(19)21(28-27-20)26-16-7-4-2-3-5-8-16/h6,9-13,16H,2-5,7-8,14H2,1H3,(H,26,28). The van der Waals surface area contributed by atoms with E-state index in [-0.39, 0.29) is 5.56 Å². The third-order valence-electron chi connectivity index (χ3n) is 5.61. The normalized spacial score (nSPS) is 15.9. The SMILES string of the molecule is COc1ccc(-c2nnc(NC3CCCCCC3)n3cccc23)c(CC(F)(F)F)c1. The molecule has 0 atom stereocenters. The molecule has 1 aliphatic carbocycles. The monoisotopic (exact) mass is 418 g/mol. The van der Waals surface area contributed by atoms with E-state index in [2.05, 4.69) is 15.5 Å². The zero-order chi connectivity index (χ0) is 21.1. The molecule has 1 aliphatic rings. The first-order valence-corrected chi connectivity index (χ1v) is 10.3. The Morgan fingerprint density at radius 1 is 1.10 bits per heavy atom. The lowest BCUT2D eigenvalue weighted by atomic mass is 10.0. The van der Waals surface area contributed by atoms with Gasteiger partial charge in [0.2, 0.25) is 5.95 Å². The van der Waals surface area contributed by atoms with Crippen molar-refractivity contribution in [2.45, 2.75) is 57.2 Å². The highest BCUT2D eigenvalue weighted by molar-refractivity contribution is 5.80. The topological polar surface area (TPSA) is 51.5 Å². The summed E-state index contributed by atoms with van der Waals surface area (Å²) in [6.45, 7) is 0. The van der Waals surface area contributed by atoms with Gasteiger partial charge in [-0.3, -0.25) is 4.40 Å². The van der Waals surface area contributed by atoms with Gasteiger partial charge in [0, 0.05) is 17.8 Å². The summed E-state index contributed by atoms with van der Waals surface area (Å²) in [7, 11) is 1.44. The summed E-state index contributed by atoms with van der Waals surface area (Å²) >= 11 is 0.